The molecule has 0 aliphatic heterocycles. The minimum atomic E-state index is -0.100. The van der Waals surface area contributed by atoms with Crippen LogP contribution in [0.3, 0.4) is 0 Å². The minimum absolute atomic E-state index is 0.100. The van der Waals surface area contributed by atoms with E-state index in [2.05, 4.69) is 48.4 Å². The third-order valence-electron chi connectivity index (χ3n) is 4.36. The van der Waals surface area contributed by atoms with E-state index in [4.69, 9.17) is 0 Å². The minimum Gasteiger partial charge on any atom is -0.357 e. The van der Waals surface area contributed by atoms with Crippen molar-refractivity contribution < 1.29 is 4.79 Å². The van der Waals surface area contributed by atoms with Gasteiger partial charge in [-0.1, -0.05) is 32.9 Å². The number of nitrogens with one attached hydrogen (secondary N) is 2. The fourth-order valence-electron chi connectivity index (χ4n) is 2.46. The Morgan fingerprint density at radius 2 is 2.10 bits per heavy atom. The van der Waals surface area contributed by atoms with Gasteiger partial charge >= 0.3 is 0 Å². The summed E-state index contributed by atoms with van der Waals surface area (Å²) in [7, 11) is 0. The van der Waals surface area contributed by atoms with E-state index in [1.54, 1.807) is 0 Å². The number of aromatic nitrogens is 1. The van der Waals surface area contributed by atoms with Crippen LogP contribution in [-0.4, -0.2) is 10.9 Å². The molecule has 2 N–H and O–H groups in total. The number of amides is 1. The van der Waals surface area contributed by atoms with Crippen LogP contribution in [0.2, 0.25) is 0 Å². The van der Waals surface area contributed by atoms with E-state index in [9.17, 15) is 4.79 Å². The third-order valence-corrected chi connectivity index (χ3v) is 4.36. The van der Waals surface area contributed by atoms with E-state index in [-0.39, 0.29) is 11.3 Å². The number of carbonyl (C=O) groups excluding carboxylic acids is 1. The van der Waals surface area contributed by atoms with E-state index in [1.165, 1.54) is 10.9 Å². The molecule has 0 bridgehead atoms. The van der Waals surface area contributed by atoms with Crippen LogP contribution in [0.4, 0.5) is 0 Å². The SMILES string of the molecule is CC(C)c1ccc2cc(CNC(=O)C3(C)CC3)[nH]c2c1. The molecule has 106 valence electrons. The van der Waals surface area contributed by atoms with Crippen LogP contribution < -0.4 is 5.32 Å². The number of hydrogen-bond acceptors (Lipinski definition) is 1. The molecule has 1 amide bonds. The summed E-state index contributed by atoms with van der Waals surface area (Å²) in [6.45, 7) is 7.01. The van der Waals surface area contributed by atoms with Gasteiger partial charge in [0.05, 0.1) is 6.54 Å². The van der Waals surface area contributed by atoms with Gasteiger partial charge in [0.2, 0.25) is 5.91 Å². The summed E-state index contributed by atoms with van der Waals surface area (Å²) in [5.41, 5.74) is 3.45. The maximum atomic E-state index is 11.9. The molecule has 0 saturated heterocycles. The van der Waals surface area contributed by atoms with Crippen molar-refractivity contribution >= 4 is 16.8 Å². The monoisotopic (exact) mass is 270 g/mol. The lowest BCUT2D eigenvalue weighted by atomic mass is 10.0. The molecule has 0 atom stereocenters. The fourth-order valence-corrected chi connectivity index (χ4v) is 2.46. The zero-order chi connectivity index (χ0) is 14.3. The highest BCUT2D eigenvalue weighted by atomic mass is 16.2. The molecular weight excluding hydrogens is 248 g/mol. The van der Waals surface area contributed by atoms with Crippen molar-refractivity contribution in [1.29, 1.82) is 0 Å². The normalized spacial score (nSPS) is 16.6. The summed E-state index contributed by atoms with van der Waals surface area (Å²) < 4.78 is 0. The van der Waals surface area contributed by atoms with Crippen molar-refractivity contribution in [2.75, 3.05) is 0 Å². The lowest BCUT2D eigenvalue weighted by molar-refractivity contribution is -0.125. The van der Waals surface area contributed by atoms with Crippen molar-refractivity contribution in [1.82, 2.24) is 10.3 Å². The molecule has 1 fully saturated rings. The maximum absolute atomic E-state index is 11.9. The van der Waals surface area contributed by atoms with Crippen LogP contribution in [0.1, 0.15) is 50.8 Å². The molecule has 3 nitrogen and oxygen atoms in total. The van der Waals surface area contributed by atoms with E-state index in [1.807, 2.05) is 6.92 Å². The summed E-state index contributed by atoms with van der Waals surface area (Å²) in [4.78, 5) is 15.3. The zero-order valence-electron chi connectivity index (χ0n) is 12.4. The number of carbonyl (C=O) groups is 1. The lowest BCUT2D eigenvalue weighted by Gasteiger charge is -2.08. The predicted octanol–water partition coefficient (Wildman–Crippen LogP) is 3.71. The van der Waals surface area contributed by atoms with Crippen molar-refractivity contribution in [3.8, 4) is 0 Å². The van der Waals surface area contributed by atoms with Gasteiger partial charge in [-0.3, -0.25) is 4.79 Å². The van der Waals surface area contributed by atoms with Crippen molar-refractivity contribution in [3.05, 3.63) is 35.5 Å². The molecule has 1 aliphatic rings. The van der Waals surface area contributed by atoms with Crippen molar-refractivity contribution in [2.24, 2.45) is 5.41 Å². The molecule has 3 rings (SSSR count). The van der Waals surface area contributed by atoms with E-state index >= 15 is 0 Å². The molecule has 1 aromatic carbocycles. The summed E-state index contributed by atoms with van der Waals surface area (Å²) >= 11 is 0. The number of H-pyrrole nitrogens is 1. The van der Waals surface area contributed by atoms with E-state index in [0.717, 1.165) is 24.1 Å². The van der Waals surface area contributed by atoms with Crippen molar-refractivity contribution in [3.63, 3.8) is 0 Å². The molecule has 1 heterocycles. The highest BCUT2D eigenvalue weighted by Crippen LogP contribution is 2.45. The summed E-state index contributed by atoms with van der Waals surface area (Å²) in [6.07, 6.45) is 2.03. The van der Waals surface area contributed by atoms with Gasteiger partial charge in [-0.05, 0) is 41.8 Å². The molecule has 1 aliphatic carbocycles. The first-order chi connectivity index (χ1) is 9.48. The summed E-state index contributed by atoms with van der Waals surface area (Å²) in [6, 6.07) is 8.64. The fraction of sp³-hybridized carbons (Fsp3) is 0.471. The molecule has 20 heavy (non-hydrogen) atoms. The molecule has 2 aromatic rings. The average Bonchev–Trinajstić information content (AvgIpc) is 3.04. The maximum Gasteiger partial charge on any atom is 0.226 e. The Labute approximate surface area is 119 Å². The van der Waals surface area contributed by atoms with E-state index in [0.29, 0.717) is 12.5 Å². The van der Waals surface area contributed by atoms with Gasteiger partial charge in [0.25, 0.3) is 0 Å². The molecule has 0 radical (unpaired) electrons. The first-order valence-corrected chi connectivity index (χ1v) is 7.38. The predicted molar refractivity (Wildman–Crippen MR) is 81.6 cm³/mol. The second kappa shape index (κ2) is 4.65. The van der Waals surface area contributed by atoms with E-state index < -0.39 is 0 Å². The van der Waals surface area contributed by atoms with Crippen LogP contribution in [0.25, 0.3) is 10.9 Å². The third kappa shape index (κ3) is 2.45. The van der Waals surface area contributed by atoms with Gasteiger partial charge in [-0.2, -0.15) is 0 Å². The smallest absolute Gasteiger partial charge is 0.226 e. The standard InChI is InChI=1S/C17H22N2O/c1-11(2)12-4-5-13-8-14(19-15(13)9-12)10-18-16(20)17(3)6-7-17/h4-5,8-9,11,19H,6-7,10H2,1-3H3,(H,18,20). The number of benzene rings is 1. The average molecular weight is 270 g/mol. The van der Waals surface area contributed by atoms with Crippen LogP contribution in [-0.2, 0) is 11.3 Å². The quantitative estimate of drug-likeness (QED) is 0.874. The Kier molecular flexibility index (Phi) is 3.08. The topological polar surface area (TPSA) is 44.9 Å². The number of hydrogen-bond donors (Lipinski definition) is 2. The summed E-state index contributed by atoms with van der Waals surface area (Å²) in [5.74, 6) is 0.708. The van der Waals surface area contributed by atoms with Gasteiger partial charge in [0.1, 0.15) is 0 Å². The summed E-state index contributed by atoms with van der Waals surface area (Å²) in [5, 5.41) is 4.23. The highest BCUT2D eigenvalue weighted by Gasteiger charge is 2.44. The molecule has 1 aromatic heterocycles. The Hall–Kier alpha value is -1.77. The molecule has 0 unspecified atom stereocenters. The van der Waals surface area contributed by atoms with Gasteiger partial charge in [0.15, 0.2) is 0 Å². The van der Waals surface area contributed by atoms with Crippen LogP contribution in [0.15, 0.2) is 24.3 Å². The van der Waals surface area contributed by atoms with Gasteiger partial charge in [-0.15, -0.1) is 0 Å². The Morgan fingerprint density at radius 3 is 2.75 bits per heavy atom. The Bertz CT molecular complexity index is 650. The number of rotatable bonds is 4. The van der Waals surface area contributed by atoms with Gasteiger partial charge < -0.3 is 10.3 Å². The zero-order valence-corrected chi connectivity index (χ0v) is 12.4. The van der Waals surface area contributed by atoms with Crippen LogP contribution >= 0.6 is 0 Å². The van der Waals surface area contributed by atoms with Crippen molar-refractivity contribution in [2.45, 2.75) is 46.1 Å². The molecule has 1 saturated carbocycles. The number of aromatic amines is 1. The first-order valence-electron chi connectivity index (χ1n) is 7.38. The van der Waals surface area contributed by atoms with Gasteiger partial charge in [-0.25, -0.2) is 0 Å². The first kappa shape index (κ1) is 13.2. The second-order valence-electron chi connectivity index (χ2n) is 6.54. The highest BCUT2D eigenvalue weighted by molar-refractivity contribution is 5.85. The Balaban J connectivity index is 1.74. The molecular formula is C17H22N2O. The largest absolute Gasteiger partial charge is 0.357 e. The molecule has 3 heteroatoms. The molecule has 0 spiro atoms. The lowest BCUT2D eigenvalue weighted by Crippen LogP contribution is -2.29. The Morgan fingerprint density at radius 1 is 1.35 bits per heavy atom. The van der Waals surface area contributed by atoms with Gasteiger partial charge in [0, 0.05) is 16.6 Å². The second-order valence-corrected chi connectivity index (χ2v) is 6.54. The van der Waals surface area contributed by atoms with Crippen LogP contribution in [0.5, 0.6) is 0 Å². The number of fused-ring (bicyclic) bond motifs is 1. The van der Waals surface area contributed by atoms with Crippen LogP contribution in [0, 0.1) is 5.41 Å².